The summed E-state index contributed by atoms with van der Waals surface area (Å²) in [7, 11) is 1.83. The van der Waals surface area contributed by atoms with Gasteiger partial charge in [-0.2, -0.15) is 4.98 Å². The van der Waals surface area contributed by atoms with Gasteiger partial charge in [-0.25, -0.2) is 4.98 Å². The van der Waals surface area contributed by atoms with Gasteiger partial charge in [0, 0.05) is 13.5 Å². The van der Waals surface area contributed by atoms with Gasteiger partial charge < -0.3 is 14.6 Å². The van der Waals surface area contributed by atoms with Gasteiger partial charge in [0.25, 0.3) is 0 Å². The lowest BCUT2D eigenvalue weighted by atomic mass is 10.2. The van der Waals surface area contributed by atoms with Crippen LogP contribution in [-0.2, 0) is 9.47 Å². The largest absolute Gasteiger partial charge is 0.390 e. The minimum Gasteiger partial charge on any atom is -0.390 e. The van der Waals surface area contributed by atoms with Gasteiger partial charge in [-0.1, -0.05) is 11.6 Å². The van der Waals surface area contributed by atoms with Crippen LogP contribution in [0.1, 0.15) is 20.3 Å². The van der Waals surface area contributed by atoms with Gasteiger partial charge in [0.05, 0.1) is 12.1 Å². The van der Waals surface area contributed by atoms with Crippen LogP contribution in [0, 0.1) is 0 Å². The first-order chi connectivity index (χ1) is 10.8. The Kier molecular flexibility index (Phi) is 3.43. The number of anilines is 2. The first-order valence-corrected chi connectivity index (χ1v) is 8.09. The molecule has 4 atom stereocenters. The fourth-order valence-corrected chi connectivity index (χ4v) is 3.98. The lowest BCUT2D eigenvalue weighted by Crippen LogP contribution is -2.50. The van der Waals surface area contributed by atoms with Crippen molar-refractivity contribution in [3.8, 4) is 0 Å². The molecule has 0 amide bonds. The maximum absolute atomic E-state index is 10.4. The Balaban J connectivity index is 1.72. The fourth-order valence-electron chi connectivity index (χ4n) is 3.56. The molecule has 10 heteroatoms. The van der Waals surface area contributed by atoms with Crippen molar-refractivity contribution >= 4 is 34.7 Å². The van der Waals surface area contributed by atoms with E-state index in [9.17, 15) is 5.11 Å². The molecule has 1 aromatic rings. The number of halogens is 2. The number of aromatic nitrogens is 2. The van der Waals surface area contributed by atoms with Crippen molar-refractivity contribution in [2.24, 2.45) is 0 Å². The maximum atomic E-state index is 10.4. The van der Waals surface area contributed by atoms with Crippen LogP contribution < -0.4 is 10.4 Å². The van der Waals surface area contributed by atoms with E-state index in [-0.39, 0.29) is 28.7 Å². The molecule has 1 aliphatic carbocycles. The standard InChI is InChI=1S/C13H17Cl2N5O3/c1-13(2)22-8-5(4-6(21)9(8)23-13)20-11-7(18-19(20)3)10(14)16-12(15)17-11/h5-6,8-9,18,21H,4H2,1-3H3. The molecule has 1 saturated carbocycles. The molecule has 2 N–H and O–H groups in total. The smallest absolute Gasteiger partial charge is 0.225 e. The molecule has 126 valence electrons. The second kappa shape index (κ2) is 5.05. The highest BCUT2D eigenvalue weighted by Gasteiger charge is 2.57. The average molecular weight is 362 g/mol. The third kappa shape index (κ3) is 2.36. The van der Waals surface area contributed by atoms with Gasteiger partial charge in [0.1, 0.15) is 17.9 Å². The Labute approximate surface area is 143 Å². The quantitative estimate of drug-likeness (QED) is 0.574. The molecule has 1 saturated heterocycles. The van der Waals surface area contributed by atoms with E-state index in [0.717, 1.165) is 0 Å². The maximum Gasteiger partial charge on any atom is 0.225 e. The Hall–Kier alpha value is -0.900. The number of hydrogen-bond donors (Lipinski definition) is 2. The Morgan fingerprint density at radius 3 is 2.70 bits per heavy atom. The molecular weight excluding hydrogens is 345 g/mol. The van der Waals surface area contributed by atoms with E-state index in [1.54, 1.807) is 5.12 Å². The Morgan fingerprint density at radius 2 is 1.96 bits per heavy atom. The number of aliphatic hydroxyl groups is 1. The van der Waals surface area contributed by atoms with Crippen LogP contribution in [0.3, 0.4) is 0 Å². The van der Waals surface area contributed by atoms with E-state index in [1.807, 2.05) is 25.9 Å². The minimum absolute atomic E-state index is 0.0647. The topological polar surface area (TPSA) is 83.0 Å². The van der Waals surface area contributed by atoms with E-state index in [2.05, 4.69) is 15.4 Å². The zero-order chi connectivity index (χ0) is 16.5. The number of nitrogens with zero attached hydrogens (tertiary/aromatic N) is 4. The van der Waals surface area contributed by atoms with Gasteiger partial charge >= 0.3 is 0 Å². The second-order valence-corrected chi connectivity index (χ2v) is 7.09. The van der Waals surface area contributed by atoms with Crippen molar-refractivity contribution in [2.75, 3.05) is 17.5 Å². The molecule has 1 aromatic heterocycles. The third-order valence-electron chi connectivity index (χ3n) is 4.35. The SMILES string of the molecule is CN1Nc2c(Cl)nc(Cl)nc2N1C1CC(O)C2OC(C)(C)OC21. The summed E-state index contributed by atoms with van der Waals surface area (Å²) in [6, 6.07) is -0.169. The summed E-state index contributed by atoms with van der Waals surface area (Å²) >= 11 is 12.1. The summed E-state index contributed by atoms with van der Waals surface area (Å²) in [6.45, 7) is 3.68. The summed E-state index contributed by atoms with van der Waals surface area (Å²) in [5.41, 5.74) is 3.68. The van der Waals surface area contributed by atoms with Crippen molar-refractivity contribution in [1.29, 1.82) is 0 Å². The highest BCUT2D eigenvalue weighted by molar-refractivity contribution is 6.34. The predicted octanol–water partition coefficient (Wildman–Crippen LogP) is 1.43. The molecule has 3 heterocycles. The van der Waals surface area contributed by atoms with Crippen molar-refractivity contribution in [2.45, 2.75) is 50.4 Å². The Morgan fingerprint density at radius 1 is 1.26 bits per heavy atom. The highest BCUT2D eigenvalue weighted by atomic mass is 35.5. The van der Waals surface area contributed by atoms with Crippen LogP contribution in [0.25, 0.3) is 0 Å². The van der Waals surface area contributed by atoms with E-state index in [4.69, 9.17) is 32.7 Å². The van der Waals surface area contributed by atoms with Gasteiger partial charge in [0.2, 0.25) is 5.28 Å². The summed E-state index contributed by atoms with van der Waals surface area (Å²) in [4.78, 5) is 8.22. The number of ether oxygens (including phenoxy) is 2. The van der Waals surface area contributed by atoms with Gasteiger partial charge in [-0.05, 0) is 25.4 Å². The summed E-state index contributed by atoms with van der Waals surface area (Å²) in [5, 5.41) is 14.3. The highest BCUT2D eigenvalue weighted by Crippen LogP contribution is 2.45. The lowest BCUT2D eigenvalue weighted by molar-refractivity contribution is -0.163. The number of hydrazine groups is 2. The number of fused-ring (bicyclic) bond motifs is 2. The number of hydrogen-bond acceptors (Lipinski definition) is 8. The number of nitrogens with one attached hydrogen (secondary N) is 1. The fraction of sp³-hybridized carbons (Fsp3) is 0.692. The average Bonchev–Trinajstić information content (AvgIpc) is 3.01. The molecule has 0 bridgehead atoms. The zero-order valence-electron chi connectivity index (χ0n) is 12.8. The Bertz CT molecular complexity index is 661. The summed E-state index contributed by atoms with van der Waals surface area (Å²) in [5.74, 6) is -0.173. The molecule has 2 aliphatic heterocycles. The molecule has 0 spiro atoms. The van der Waals surface area contributed by atoms with E-state index < -0.39 is 11.9 Å². The van der Waals surface area contributed by atoms with Gasteiger partial charge in [-0.15, -0.1) is 5.12 Å². The molecule has 4 unspecified atom stereocenters. The second-order valence-electron chi connectivity index (χ2n) is 6.40. The molecule has 0 radical (unpaired) electrons. The normalized spacial score (nSPS) is 35.3. The first-order valence-electron chi connectivity index (χ1n) is 7.33. The molecule has 8 nitrogen and oxygen atoms in total. The number of aliphatic hydroxyl groups excluding tert-OH is 1. The van der Waals surface area contributed by atoms with Gasteiger partial charge in [0.15, 0.2) is 16.8 Å². The molecule has 4 rings (SSSR count). The zero-order valence-corrected chi connectivity index (χ0v) is 14.3. The molecule has 2 fully saturated rings. The minimum atomic E-state index is -0.732. The molecule has 3 aliphatic rings. The van der Waals surface area contributed by atoms with Crippen molar-refractivity contribution < 1.29 is 14.6 Å². The van der Waals surface area contributed by atoms with Crippen LogP contribution in [0.2, 0.25) is 10.4 Å². The van der Waals surface area contributed by atoms with E-state index >= 15 is 0 Å². The molecular formula is C13H17Cl2N5O3. The van der Waals surface area contributed by atoms with Crippen LogP contribution in [0.15, 0.2) is 0 Å². The molecule has 23 heavy (non-hydrogen) atoms. The summed E-state index contributed by atoms with van der Waals surface area (Å²) in [6.07, 6.45) is -0.796. The lowest BCUT2D eigenvalue weighted by Gasteiger charge is -2.34. The van der Waals surface area contributed by atoms with Gasteiger partial charge in [-0.3, -0.25) is 10.4 Å². The van der Waals surface area contributed by atoms with Crippen LogP contribution >= 0.6 is 23.2 Å². The predicted molar refractivity (Wildman–Crippen MR) is 84.2 cm³/mol. The van der Waals surface area contributed by atoms with Crippen molar-refractivity contribution in [1.82, 2.24) is 15.1 Å². The van der Waals surface area contributed by atoms with Crippen LogP contribution in [0.4, 0.5) is 11.5 Å². The van der Waals surface area contributed by atoms with E-state index in [1.165, 1.54) is 0 Å². The van der Waals surface area contributed by atoms with Crippen LogP contribution in [0.5, 0.6) is 0 Å². The third-order valence-corrected chi connectivity index (χ3v) is 4.79. The monoisotopic (exact) mass is 361 g/mol. The van der Waals surface area contributed by atoms with Crippen molar-refractivity contribution in [3.05, 3.63) is 10.4 Å². The molecule has 0 aromatic carbocycles. The van der Waals surface area contributed by atoms with Crippen LogP contribution in [-0.4, -0.2) is 57.4 Å². The number of rotatable bonds is 1. The van der Waals surface area contributed by atoms with Crippen molar-refractivity contribution in [3.63, 3.8) is 0 Å². The first kappa shape index (κ1) is 15.6. The summed E-state index contributed by atoms with van der Waals surface area (Å²) < 4.78 is 11.8. The van der Waals surface area contributed by atoms with E-state index in [0.29, 0.717) is 17.9 Å².